The number of urea groups is 1. The van der Waals surface area contributed by atoms with Crippen molar-refractivity contribution in [3.05, 3.63) is 71.2 Å². The highest BCUT2D eigenvalue weighted by Gasteiger charge is 2.35. The first-order valence-corrected chi connectivity index (χ1v) is 8.21. The van der Waals surface area contributed by atoms with E-state index in [1.807, 2.05) is 0 Å². The minimum absolute atomic E-state index is 0.117. The van der Waals surface area contributed by atoms with Gasteiger partial charge in [0.15, 0.2) is 0 Å². The molecule has 29 heavy (non-hydrogen) atoms. The number of amides is 4. The molecule has 6 nitrogen and oxygen atoms in total. The second-order valence-corrected chi connectivity index (χ2v) is 6.06. The Kier molecular flexibility index (Phi) is 5.35. The summed E-state index contributed by atoms with van der Waals surface area (Å²) in [6.45, 7) is -0.693. The molecule has 3 rings (SSSR count). The summed E-state index contributed by atoms with van der Waals surface area (Å²) >= 11 is 0. The number of imide groups is 1. The number of benzene rings is 2. The van der Waals surface area contributed by atoms with Crippen molar-refractivity contribution in [3.8, 4) is 0 Å². The Balaban J connectivity index is 1.68. The summed E-state index contributed by atoms with van der Waals surface area (Å²) in [4.78, 5) is 37.0. The lowest BCUT2D eigenvalue weighted by Crippen LogP contribution is -2.38. The summed E-state index contributed by atoms with van der Waals surface area (Å²) in [5.74, 6) is -2.11. The van der Waals surface area contributed by atoms with Gasteiger partial charge >= 0.3 is 12.2 Å². The predicted octanol–water partition coefficient (Wildman–Crippen LogP) is 3.38. The van der Waals surface area contributed by atoms with E-state index in [1.54, 1.807) is 0 Å². The lowest BCUT2D eigenvalue weighted by Gasteiger charge is -2.13. The third-order valence-electron chi connectivity index (χ3n) is 3.92. The van der Waals surface area contributed by atoms with Crippen LogP contribution in [0.4, 0.5) is 28.0 Å². The van der Waals surface area contributed by atoms with Gasteiger partial charge < -0.3 is 10.6 Å². The van der Waals surface area contributed by atoms with Gasteiger partial charge in [-0.1, -0.05) is 18.2 Å². The normalized spacial score (nSPS) is 15.6. The molecule has 1 saturated heterocycles. The van der Waals surface area contributed by atoms with Gasteiger partial charge in [0.2, 0.25) is 5.91 Å². The van der Waals surface area contributed by atoms with Gasteiger partial charge in [0.1, 0.15) is 18.1 Å². The van der Waals surface area contributed by atoms with Crippen LogP contribution in [-0.2, 0) is 15.8 Å². The number of carbonyl (C=O) groups excluding carboxylic acids is 3. The van der Waals surface area contributed by atoms with Crippen LogP contribution in [0.15, 0.2) is 54.2 Å². The van der Waals surface area contributed by atoms with Crippen LogP contribution in [0.3, 0.4) is 0 Å². The summed E-state index contributed by atoms with van der Waals surface area (Å²) in [5.41, 5.74) is -0.743. The van der Waals surface area contributed by atoms with Crippen molar-refractivity contribution in [2.24, 2.45) is 0 Å². The minimum Gasteiger partial charge on any atom is -0.325 e. The summed E-state index contributed by atoms with van der Waals surface area (Å²) in [6.07, 6.45) is -3.27. The zero-order chi connectivity index (χ0) is 21.2. The quantitative estimate of drug-likeness (QED) is 0.464. The average Bonchev–Trinajstić information content (AvgIpc) is 2.90. The molecule has 0 aromatic heterocycles. The Hall–Kier alpha value is -3.69. The van der Waals surface area contributed by atoms with Crippen LogP contribution in [0.25, 0.3) is 6.08 Å². The molecule has 0 radical (unpaired) electrons. The number of nitrogens with zero attached hydrogens (tertiary/aromatic N) is 1. The van der Waals surface area contributed by atoms with E-state index >= 15 is 0 Å². The van der Waals surface area contributed by atoms with E-state index in [-0.39, 0.29) is 11.4 Å². The standard InChI is InChI=1S/C19H13F4N3O3/c20-13-6-4-11(5-7-13)8-15-17(28)26(18(29)25-15)10-16(27)24-14-3-1-2-12(9-14)19(21,22)23/h1-9H,10H2,(H,24,27)(H,25,29)/b15-8-. The largest absolute Gasteiger partial charge is 0.416 e. The van der Waals surface area contributed by atoms with E-state index in [1.165, 1.54) is 36.4 Å². The van der Waals surface area contributed by atoms with E-state index in [9.17, 15) is 31.9 Å². The summed E-state index contributed by atoms with van der Waals surface area (Å²) < 4.78 is 51.1. The SMILES string of the molecule is O=C(CN1C(=O)N/C(=C\c2ccc(F)cc2)C1=O)Nc1cccc(C(F)(F)F)c1. The zero-order valence-corrected chi connectivity index (χ0v) is 14.6. The third kappa shape index (κ3) is 4.78. The molecule has 0 bridgehead atoms. The number of nitrogens with one attached hydrogen (secondary N) is 2. The highest BCUT2D eigenvalue weighted by Crippen LogP contribution is 2.30. The number of carbonyl (C=O) groups is 3. The highest BCUT2D eigenvalue weighted by molar-refractivity contribution is 6.15. The zero-order valence-electron chi connectivity index (χ0n) is 14.6. The summed E-state index contributed by atoms with van der Waals surface area (Å²) in [5, 5.41) is 4.51. The Bertz CT molecular complexity index is 1000. The van der Waals surface area contributed by atoms with Crippen molar-refractivity contribution >= 4 is 29.6 Å². The van der Waals surface area contributed by atoms with Crippen molar-refractivity contribution in [3.63, 3.8) is 0 Å². The number of rotatable bonds is 4. The molecule has 150 valence electrons. The molecule has 2 N–H and O–H groups in total. The lowest BCUT2D eigenvalue weighted by molar-refractivity contribution is -0.137. The second-order valence-electron chi connectivity index (χ2n) is 6.06. The monoisotopic (exact) mass is 407 g/mol. The number of alkyl halides is 3. The highest BCUT2D eigenvalue weighted by atomic mass is 19.4. The molecular formula is C19H13F4N3O3. The van der Waals surface area contributed by atoms with Gasteiger partial charge in [-0.2, -0.15) is 13.2 Å². The van der Waals surface area contributed by atoms with Crippen molar-refractivity contribution in [2.75, 3.05) is 11.9 Å². The molecule has 0 aliphatic carbocycles. The molecule has 2 aromatic rings. The van der Waals surface area contributed by atoms with Gasteiger partial charge in [-0.05, 0) is 42.0 Å². The molecule has 1 aliphatic heterocycles. The van der Waals surface area contributed by atoms with Crippen LogP contribution in [-0.4, -0.2) is 29.3 Å². The third-order valence-corrected chi connectivity index (χ3v) is 3.92. The molecule has 2 aromatic carbocycles. The van der Waals surface area contributed by atoms with Crippen LogP contribution in [0, 0.1) is 5.82 Å². The van der Waals surface area contributed by atoms with Gasteiger partial charge in [0, 0.05) is 5.69 Å². The van der Waals surface area contributed by atoms with Crippen LogP contribution in [0.1, 0.15) is 11.1 Å². The van der Waals surface area contributed by atoms with Gasteiger partial charge in [-0.25, -0.2) is 14.1 Å². The maximum Gasteiger partial charge on any atom is 0.416 e. The van der Waals surface area contributed by atoms with Gasteiger partial charge in [-0.15, -0.1) is 0 Å². The van der Waals surface area contributed by atoms with Crippen molar-refractivity contribution in [2.45, 2.75) is 6.18 Å². The van der Waals surface area contributed by atoms with E-state index in [4.69, 9.17) is 0 Å². The summed E-state index contributed by atoms with van der Waals surface area (Å²) in [6, 6.07) is 8.23. The summed E-state index contributed by atoms with van der Waals surface area (Å²) in [7, 11) is 0. The molecule has 0 spiro atoms. The molecule has 0 saturated carbocycles. The maximum atomic E-state index is 12.9. The molecule has 1 fully saturated rings. The average molecular weight is 407 g/mol. The number of anilines is 1. The van der Waals surface area contributed by atoms with Crippen LogP contribution < -0.4 is 10.6 Å². The second kappa shape index (κ2) is 7.74. The number of halogens is 4. The first-order chi connectivity index (χ1) is 13.6. The predicted molar refractivity (Wildman–Crippen MR) is 94.7 cm³/mol. The fourth-order valence-corrected chi connectivity index (χ4v) is 2.56. The number of hydrogen-bond donors (Lipinski definition) is 2. The Morgan fingerprint density at radius 3 is 2.45 bits per heavy atom. The lowest BCUT2D eigenvalue weighted by atomic mass is 10.2. The van der Waals surface area contributed by atoms with E-state index in [2.05, 4.69) is 10.6 Å². The first-order valence-electron chi connectivity index (χ1n) is 8.21. The molecule has 10 heteroatoms. The smallest absolute Gasteiger partial charge is 0.325 e. The number of hydrogen-bond acceptors (Lipinski definition) is 3. The molecule has 4 amide bonds. The van der Waals surface area contributed by atoms with Crippen LogP contribution in [0.2, 0.25) is 0 Å². The minimum atomic E-state index is -4.58. The molecule has 0 unspecified atom stereocenters. The Labute approximate surface area is 161 Å². The Morgan fingerprint density at radius 1 is 1.10 bits per heavy atom. The maximum absolute atomic E-state index is 12.9. The fraction of sp³-hybridized carbons (Fsp3) is 0.105. The van der Waals surface area contributed by atoms with Crippen molar-refractivity contribution in [1.82, 2.24) is 10.2 Å². The molecular weight excluding hydrogens is 394 g/mol. The molecule has 1 aliphatic rings. The first kappa shape index (κ1) is 20.1. The Morgan fingerprint density at radius 2 is 1.79 bits per heavy atom. The van der Waals surface area contributed by atoms with Gasteiger partial charge in [-0.3, -0.25) is 9.59 Å². The van der Waals surface area contributed by atoms with Crippen molar-refractivity contribution in [1.29, 1.82) is 0 Å². The van der Waals surface area contributed by atoms with Crippen LogP contribution >= 0.6 is 0 Å². The van der Waals surface area contributed by atoms with Crippen LogP contribution in [0.5, 0.6) is 0 Å². The van der Waals surface area contributed by atoms with E-state index in [0.29, 0.717) is 10.5 Å². The fourth-order valence-electron chi connectivity index (χ4n) is 2.56. The van der Waals surface area contributed by atoms with E-state index in [0.717, 1.165) is 18.2 Å². The van der Waals surface area contributed by atoms with Gasteiger partial charge in [0.05, 0.1) is 5.56 Å². The molecule has 1 heterocycles. The molecule has 0 atom stereocenters. The van der Waals surface area contributed by atoms with Gasteiger partial charge in [0.25, 0.3) is 5.91 Å². The van der Waals surface area contributed by atoms with E-state index < -0.39 is 41.9 Å². The van der Waals surface area contributed by atoms with Crippen molar-refractivity contribution < 1.29 is 31.9 Å². The topological polar surface area (TPSA) is 78.5 Å².